The number of alkyl halides is 3. The first kappa shape index (κ1) is 14.2. The fourth-order valence-corrected chi connectivity index (χ4v) is 1.06. The largest absolute Gasteiger partial charge is 0.391 e. The Morgan fingerprint density at radius 3 is 2.47 bits per heavy atom. The van der Waals surface area contributed by atoms with Gasteiger partial charge in [-0.3, -0.25) is 16.3 Å². The van der Waals surface area contributed by atoms with E-state index in [9.17, 15) is 13.2 Å². The van der Waals surface area contributed by atoms with E-state index in [4.69, 9.17) is 5.84 Å². The van der Waals surface area contributed by atoms with Gasteiger partial charge in [-0.15, -0.1) is 12.4 Å². The number of rotatable bonds is 3. The van der Waals surface area contributed by atoms with Crippen LogP contribution in [-0.4, -0.2) is 11.2 Å². The molecule has 0 fully saturated rings. The average Bonchev–Trinajstić information content (AvgIpc) is 2.14. The predicted molar refractivity (Wildman–Crippen MR) is 52.2 cm³/mol. The topological polar surface area (TPSA) is 50.9 Å². The number of aromatic nitrogens is 1. The van der Waals surface area contributed by atoms with Gasteiger partial charge in [0.25, 0.3) is 0 Å². The Kier molecular flexibility index (Phi) is 5.56. The smallest absolute Gasteiger partial charge is 0.271 e. The Morgan fingerprint density at radius 2 is 2.07 bits per heavy atom. The molecule has 1 atom stereocenters. The SMILES string of the molecule is Cl.NNC(CC(F)(F)F)c1ccccn1. The highest BCUT2D eigenvalue weighted by atomic mass is 35.5. The summed E-state index contributed by atoms with van der Waals surface area (Å²) >= 11 is 0. The quantitative estimate of drug-likeness (QED) is 0.628. The summed E-state index contributed by atoms with van der Waals surface area (Å²) in [7, 11) is 0. The molecular formula is C8H11ClF3N3. The van der Waals surface area contributed by atoms with E-state index >= 15 is 0 Å². The molecule has 15 heavy (non-hydrogen) atoms. The summed E-state index contributed by atoms with van der Waals surface area (Å²) < 4.78 is 36.2. The zero-order chi connectivity index (χ0) is 10.6. The minimum Gasteiger partial charge on any atom is -0.271 e. The summed E-state index contributed by atoms with van der Waals surface area (Å²) in [4.78, 5) is 3.79. The Bertz CT molecular complexity index is 278. The van der Waals surface area contributed by atoms with Gasteiger partial charge in [-0.05, 0) is 12.1 Å². The van der Waals surface area contributed by atoms with Crippen molar-refractivity contribution in [2.24, 2.45) is 5.84 Å². The maximum Gasteiger partial charge on any atom is 0.391 e. The average molecular weight is 242 g/mol. The van der Waals surface area contributed by atoms with E-state index in [1.165, 1.54) is 12.3 Å². The van der Waals surface area contributed by atoms with Crippen molar-refractivity contribution in [1.82, 2.24) is 10.4 Å². The van der Waals surface area contributed by atoms with Crippen LogP contribution in [-0.2, 0) is 0 Å². The van der Waals surface area contributed by atoms with Crippen LogP contribution in [0.15, 0.2) is 24.4 Å². The first-order valence-corrected chi connectivity index (χ1v) is 3.97. The second kappa shape index (κ2) is 5.89. The van der Waals surface area contributed by atoms with Crippen LogP contribution in [0.1, 0.15) is 18.2 Å². The molecule has 86 valence electrons. The van der Waals surface area contributed by atoms with E-state index in [0.717, 1.165) is 0 Å². The van der Waals surface area contributed by atoms with Crippen LogP contribution in [0.2, 0.25) is 0 Å². The molecule has 0 aliphatic carbocycles. The standard InChI is InChI=1S/C8H10F3N3.ClH/c9-8(10,11)5-7(14-12)6-3-1-2-4-13-6;/h1-4,7,14H,5,12H2;1H. The highest BCUT2D eigenvalue weighted by Gasteiger charge is 2.32. The number of hydrazine groups is 1. The predicted octanol–water partition coefficient (Wildman–Crippen LogP) is 1.96. The van der Waals surface area contributed by atoms with Crippen molar-refractivity contribution in [3.05, 3.63) is 30.1 Å². The highest BCUT2D eigenvalue weighted by molar-refractivity contribution is 5.85. The summed E-state index contributed by atoms with van der Waals surface area (Å²) in [6.07, 6.45) is -3.86. The van der Waals surface area contributed by atoms with Gasteiger partial charge in [-0.1, -0.05) is 6.07 Å². The van der Waals surface area contributed by atoms with Crippen molar-refractivity contribution >= 4 is 12.4 Å². The number of nitrogens with zero attached hydrogens (tertiary/aromatic N) is 1. The van der Waals surface area contributed by atoms with Crippen molar-refractivity contribution in [1.29, 1.82) is 0 Å². The number of hydrogen-bond donors (Lipinski definition) is 2. The lowest BCUT2D eigenvalue weighted by Gasteiger charge is -2.16. The molecule has 0 radical (unpaired) electrons. The molecular weight excluding hydrogens is 231 g/mol. The maximum atomic E-state index is 12.1. The third kappa shape index (κ3) is 4.96. The lowest BCUT2D eigenvalue weighted by atomic mass is 10.1. The van der Waals surface area contributed by atoms with Gasteiger partial charge in [0.05, 0.1) is 18.2 Å². The van der Waals surface area contributed by atoms with Crippen molar-refractivity contribution in [2.75, 3.05) is 0 Å². The van der Waals surface area contributed by atoms with E-state index in [0.29, 0.717) is 0 Å². The van der Waals surface area contributed by atoms with Crippen LogP contribution in [0, 0.1) is 0 Å². The van der Waals surface area contributed by atoms with Gasteiger partial charge in [0.1, 0.15) is 0 Å². The fourth-order valence-electron chi connectivity index (χ4n) is 1.06. The molecule has 7 heteroatoms. The first-order valence-electron chi connectivity index (χ1n) is 3.97. The Labute approximate surface area is 91.3 Å². The highest BCUT2D eigenvalue weighted by Crippen LogP contribution is 2.27. The van der Waals surface area contributed by atoms with Gasteiger partial charge >= 0.3 is 6.18 Å². The summed E-state index contributed by atoms with van der Waals surface area (Å²) in [5.41, 5.74) is 2.38. The van der Waals surface area contributed by atoms with E-state index in [1.807, 2.05) is 0 Å². The fraction of sp³-hybridized carbons (Fsp3) is 0.375. The van der Waals surface area contributed by atoms with Gasteiger partial charge in [0, 0.05) is 6.20 Å². The lowest BCUT2D eigenvalue weighted by molar-refractivity contribution is -0.140. The van der Waals surface area contributed by atoms with Crippen molar-refractivity contribution in [3.63, 3.8) is 0 Å². The van der Waals surface area contributed by atoms with E-state index in [2.05, 4.69) is 10.4 Å². The second-order valence-corrected chi connectivity index (χ2v) is 2.79. The van der Waals surface area contributed by atoms with Crippen molar-refractivity contribution in [2.45, 2.75) is 18.6 Å². The zero-order valence-electron chi connectivity index (χ0n) is 7.66. The molecule has 1 aromatic heterocycles. The Balaban J connectivity index is 0.00000196. The van der Waals surface area contributed by atoms with Gasteiger partial charge in [0.15, 0.2) is 0 Å². The molecule has 1 aromatic rings. The minimum absolute atomic E-state index is 0. The molecule has 3 N–H and O–H groups in total. The maximum absolute atomic E-state index is 12.1. The molecule has 0 saturated heterocycles. The summed E-state index contributed by atoms with van der Waals surface area (Å²) in [5.74, 6) is 5.02. The zero-order valence-corrected chi connectivity index (χ0v) is 8.48. The first-order chi connectivity index (χ1) is 6.53. The molecule has 0 saturated carbocycles. The third-order valence-corrected chi connectivity index (χ3v) is 1.68. The number of halogens is 4. The van der Waals surface area contributed by atoms with Crippen molar-refractivity contribution < 1.29 is 13.2 Å². The molecule has 0 bridgehead atoms. The van der Waals surface area contributed by atoms with Gasteiger partial charge in [-0.25, -0.2) is 0 Å². The molecule has 0 aliphatic rings. The van der Waals surface area contributed by atoms with Crippen molar-refractivity contribution in [3.8, 4) is 0 Å². The van der Waals surface area contributed by atoms with Crippen LogP contribution in [0.5, 0.6) is 0 Å². The Morgan fingerprint density at radius 1 is 1.40 bits per heavy atom. The van der Waals surface area contributed by atoms with E-state index in [1.54, 1.807) is 12.1 Å². The molecule has 0 aliphatic heterocycles. The van der Waals surface area contributed by atoms with Crippen LogP contribution >= 0.6 is 12.4 Å². The van der Waals surface area contributed by atoms with E-state index < -0.39 is 18.6 Å². The van der Waals surface area contributed by atoms with Crippen LogP contribution in [0.25, 0.3) is 0 Å². The molecule has 1 heterocycles. The number of nitrogens with two attached hydrogens (primary N) is 1. The summed E-state index contributed by atoms with van der Waals surface area (Å²) in [6, 6.07) is 3.75. The summed E-state index contributed by atoms with van der Waals surface area (Å²) in [5, 5.41) is 0. The van der Waals surface area contributed by atoms with Gasteiger partial charge in [-0.2, -0.15) is 13.2 Å². The molecule has 0 spiro atoms. The molecule has 1 unspecified atom stereocenters. The second-order valence-electron chi connectivity index (χ2n) is 2.79. The number of pyridine rings is 1. The lowest BCUT2D eigenvalue weighted by Crippen LogP contribution is -2.32. The summed E-state index contributed by atoms with van der Waals surface area (Å²) in [6.45, 7) is 0. The molecule has 3 nitrogen and oxygen atoms in total. The number of nitrogens with one attached hydrogen (secondary N) is 1. The Hall–Kier alpha value is -0.850. The minimum atomic E-state index is -4.26. The van der Waals surface area contributed by atoms with Crippen LogP contribution in [0.4, 0.5) is 13.2 Å². The van der Waals surface area contributed by atoms with Gasteiger partial charge < -0.3 is 0 Å². The third-order valence-electron chi connectivity index (χ3n) is 1.68. The van der Waals surface area contributed by atoms with Gasteiger partial charge in [0.2, 0.25) is 0 Å². The monoisotopic (exact) mass is 241 g/mol. The van der Waals surface area contributed by atoms with E-state index in [-0.39, 0.29) is 18.1 Å². The molecule has 0 aromatic carbocycles. The molecule has 0 amide bonds. The van der Waals surface area contributed by atoms with Crippen LogP contribution in [0.3, 0.4) is 0 Å². The normalized spacial score (nSPS) is 13.1. The number of hydrogen-bond acceptors (Lipinski definition) is 3. The molecule has 1 rings (SSSR count). The van der Waals surface area contributed by atoms with Crippen LogP contribution < -0.4 is 11.3 Å².